The van der Waals surface area contributed by atoms with Gasteiger partial charge in [0.2, 0.25) is 5.91 Å². The van der Waals surface area contributed by atoms with Crippen LogP contribution in [-0.2, 0) is 4.79 Å². The first-order valence-corrected chi connectivity index (χ1v) is 14.3. The van der Waals surface area contributed by atoms with Crippen LogP contribution in [0, 0.1) is 0 Å². The lowest BCUT2D eigenvalue weighted by Gasteiger charge is -2.04. The number of alkyl halides is 1. The van der Waals surface area contributed by atoms with Crippen molar-refractivity contribution in [3.8, 4) is 0 Å². The molecular formula is C25H50INO2. The fraction of sp³-hybridized carbons (Fsp3) is 0.960. The average Bonchev–Trinajstić information content (AvgIpc) is 2.74. The molecule has 0 aromatic heterocycles. The molecule has 0 spiro atoms. The molecule has 0 unspecified atom stereocenters. The summed E-state index contributed by atoms with van der Waals surface area (Å²) in [4.78, 5) is 10.9. The molecule has 0 saturated heterocycles. The van der Waals surface area contributed by atoms with Crippen molar-refractivity contribution in [3.05, 3.63) is 0 Å². The Balaban J connectivity index is 3.01. The lowest BCUT2D eigenvalue weighted by molar-refractivity contribution is -0.129. The molecule has 0 aromatic rings. The van der Waals surface area contributed by atoms with Crippen LogP contribution in [0.4, 0.5) is 0 Å². The predicted molar refractivity (Wildman–Crippen MR) is 135 cm³/mol. The van der Waals surface area contributed by atoms with Gasteiger partial charge >= 0.3 is 0 Å². The van der Waals surface area contributed by atoms with Gasteiger partial charge in [-0.1, -0.05) is 151 Å². The number of halogens is 1. The molecule has 4 heteroatoms. The molecule has 0 heterocycles. The maximum atomic E-state index is 10.9. The Kier molecular flexibility index (Phi) is 26.3. The molecule has 0 rings (SSSR count). The molecule has 1 amide bonds. The molecule has 0 bridgehead atoms. The normalized spacial score (nSPS) is 11.1. The second-order valence-electron chi connectivity index (χ2n) is 8.75. The van der Waals surface area contributed by atoms with Crippen molar-refractivity contribution in [1.29, 1.82) is 0 Å². The highest BCUT2D eigenvalue weighted by Crippen LogP contribution is 2.15. The Bertz CT molecular complexity index is 326. The fourth-order valence-electron chi connectivity index (χ4n) is 3.97. The van der Waals surface area contributed by atoms with Gasteiger partial charge in [0, 0.05) is 6.42 Å². The number of hydrogen-bond acceptors (Lipinski definition) is 2. The highest BCUT2D eigenvalue weighted by Gasteiger charge is 1.98. The van der Waals surface area contributed by atoms with Crippen LogP contribution in [0.1, 0.15) is 148 Å². The second kappa shape index (κ2) is 26.2. The van der Waals surface area contributed by atoms with Crippen LogP contribution in [0.3, 0.4) is 0 Å². The molecule has 0 fully saturated rings. The largest absolute Gasteiger partial charge is 0.289 e. The zero-order valence-corrected chi connectivity index (χ0v) is 21.4. The first kappa shape index (κ1) is 29.2. The third-order valence-corrected chi connectivity index (χ3v) is 6.67. The topological polar surface area (TPSA) is 49.3 Å². The average molecular weight is 524 g/mol. The van der Waals surface area contributed by atoms with Crippen LogP contribution >= 0.6 is 22.6 Å². The van der Waals surface area contributed by atoms with Gasteiger partial charge in [-0.2, -0.15) is 0 Å². The minimum atomic E-state index is -0.256. The van der Waals surface area contributed by atoms with Gasteiger partial charge in [-0.3, -0.25) is 10.0 Å². The number of hydrogen-bond donors (Lipinski definition) is 2. The van der Waals surface area contributed by atoms with Crippen molar-refractivity contribution in [2.75, 3.05) is 4.43 Å². The monoisotopic (exact) mass is 523 g/mol. The number of carbonyl (C=O) groups excluding carboxylic acids is 1. The van der Waals surface area contributed by atoms with Crippen molar-refractivity contribution in [1.82, 2.24) is 5.48 Å². The number of carbonyl (C=O) groups is 1. The summed E-state index contributed by atoms with van der Waals surface area (Å²) in [6.07, 6.45) is 30.8. The van der Waals surface area contributed by atoms with Gasteiger partial charge in [0.25, 0.3) is 0 Å². The van der Waals surface area contributed by atoms with E-state index in [9.17, 15) is 4.79 Å². The molecule has 174 valence electrons. The SMILES string of the molecule is O=C(CCCCCCCCCCCCCCCCCCCCCCCCI)NO. The Morgan fingerprint density at radius 2 is 0.724 bits per heavy atom. The zero-order chi connectivity index (χ0) is 21.3. The third kappa shape index (κ3) is 26.1. The number of amides is 1. The molecule has 0 aromatic carbocycles. The molecule has 0 radical (unpaired) electrons. The van der Waals surface area contributed by atoms with Gasteiger partial charge in [0.05, 0.1) is 0 Å². The van der Waals surface area contributed by atoms with Crippen LogP contribution in [0.15, 0.2) is 0 Å². The van der Waals surface area contributed by atoms with Crippen molar-refractivity contribution in [2.45, 2.75) is 148 Å². The molecule has 3 nitrogen and oxygen atoms in total. The highest BCUT2D eigenvalue weighted by molar-refractivity contribution is 14.1. The van der Waals surface area contributed by atoms with E-state index in [4.69, 9.17) is 5.21 Å². The Morgan fingerprint density at radius 3 is 0.966 bits per heavy atom. The lowest BCUT2D eigenvalue weighted by Crippen LogP contribution is -2.17. The summed E-state index contributed by atoms with van der Waals surface area (Å²) in [5, 5.41) is 8.41. The van der Waals surface area contributed by atoms with E-state index in [1.165, 1.54) is 133 Å². The summed E-state index contributed by atoms with van der Waals surface area (Å²) in [6.45, 7) is 0. The third-order valence-electron chi connectivity index (χ3n) is 5.91. The summed E-state index contributed by atoms with van der Waals surface area (Å²) in [5.74, 6) is -0.256. The van der Waals surface area contributed by atoms with Gasteiger partial charge in [0.15, 0.2) is 0 Å². The number of rotatable bonds is 24. The van der Waals surface area contributed by atoms with Crippen molar-refractivity contribution >= 4 is 28.5 Å². The van der Waals surface area contributed by atoms with Crippen LogP contribution < -0.4 is 5.48 Å². The first-order valence-electron chi connectivity index (χ1n) is 12.8. The van der Waals surface area contributed by atoms with E-state index in [0.717, 1.165) is 12.8 Å². The summed E-state index contributed by atoms with van der Waals surface area (Å²) < 4.78 is 1.33. The Labute approximate surface area is 195 Å². The predicted octanol–water partition coefficient (Wildman–Crippen LogP) is 8.90. The minimum Gasteiger partial charge on any atom is -0.289 e. The maximum Gasteiger partial charge on any atom is 0.243 e. The van der Waals surface area contributed by atoms with Gasteiger partial charge in [-0.25, -0.2) is 5.48 Å². The Morgan fingerprint density at radius 1 is 0.483 bits per heavy atom. The molecule has 0 aliphatic heterocycles. The van der Waals surface area contributed by atoms with Gasteiger partial charge in [-0.15, -0.1) is 0 Å². The van der Waals surface area contributed by atoms with Crippen molar-refractivity contribution < 1.29 is 10.0 Å². The van der Waals surface area contributed by atoms with E-state index in [2.05, 4.69) is 22.6 Å². The molecule has 0 aliphatic rings. The zero-order valence-electron chi connectivity index (χ0n) is 19.2. The summed E-state index contributed by atoms with van der Waals surface area (Å²) in [5.41, 5.74) is 1.69. The standard InChI is InChI=1S/C25H50INO2/c26-24-22-20-18-16-14-12-10-8-6-4-2-1-3-5-7-9-11-13-15-17-19-21-23-25(28)27-29/h29H,1-24H2,(H,27,28). The first-order chi connectivity index (χ1) is 14.3. The van der Waals surface area contributed by atoms with E-state index >= 15 is 0 Å². The van der Waals surface area contributed by atoms with E-state index in [-0.39, 0.29) is 5.91 Å². The van der Waals surface area contributed by atoms with Crippen molar-refractivity contribution in [2.24, 2.45) is 0 Å². The molecule has 2 N–H and O–H groups in total. The molecule has 0 aliphatic carbocycles. The molecule has 0 saturated carbocycles. The number of hydroxylamine groups is 1. The summed E-state index contributed by atoms with van der Waals surface area (Å²) in [7, 11) is 0. The maximum absolute atomic E-state index is 10.9. The second-order valence-corrected chi connectivity index (χ2v) is 9.83. The number of unbranched alkanes of at least 4 members (excludes halogenated alkanes) is 21. The van der Waals surface area contributed by atoms with E-state index in [1.807, 2.05) is 0 Å². The van der Waals surface area contributed by atoms with Gasteiger partial charge < -0.3 is 0 Å². The van der Waals surface area contributed by atoms with Gasteiger partial charge in [0.1, 0.15) is 0 Å². The number of nitrogens with one attached hydrogen (secondary N) is 1. The van der Waals surface area contributed by atoms with Gasteiger partial charge in [-0.05, 0) is 17.3 Å². The fourth-order valence-corrected chi connectivity index (χ4v) is 4.51. The van der Waals surface area contributed by atoms with Crippen molar-refractivity contribution in [3.63, 3.8) is 0 Å². The summed E-state index contributed by atoms with van der Waals surface area (Å²) >= 11 is 2.48. The van der Waals surface area contributed by atoms with Crippen LogP contribution in [0.25, 0.3) is 0 Å². The minimum absolute atomic E-state index is 0.256. The molecular weight excluding hydrogens is 473 g/mol. The van der Waals surface area contributed by atoms with E-state index in [0.29, 0.717) is 6.42 Å². The van der Waals surface area contributed by atoms with Crippen LogP contribution in [-0.4, -0.2) is 15.5 Å². The highest BCUT2D eigenvalue weighted by atomic mass is 127. The molecule has 29 heavy (non-hydrogen) atoms. The van der Waals surface area contributed by atoms with Crippen LogP contribution in [0.2, 0.25) is 0 Å². The lowest BCUT2D eigenvalue weighted by atomic mass is 10.0. The summed E-state index contributed by atoms with van der Waals surface area (Å²) in [6, 6.07) is 0. The Hall–Kier alpha value is 0.160. The van der Waals surface area contributed by atoms with E-state index < -0.39 is 0 Å². The molecule has 0 atom stereocenters. The smallest absolute Gasteiger partial charge is 0.243 e. The quantitative estimate of drug-likeness (QED) is 0.0436. The van der Waals surface area contributed by atoms with E-state index in [1.54, 1.807) is 5.48 Å². The van der Waals surface area contributed by atoms with Crippen LogP contribution in [0.5, 0.6) is 0 Å².